The molecule has 4 heteroatoms. The molecule has 1 unspecified atom stereocenters. The molecule has 0 spiro atoms. The van der Waals surface area contributed by atoms with Crippen molar-refractivity contribution in [3.8, 4) is 12.3 Å². The molecule has 0 aliphatic carbocycles. The van der Waals surface area contributed by atoms with Crippen molar-refractivity contribution in [2.45, 2.75) is 19.8 Å². The summed E-state index contributed by atoms with van der Waals surface area (Å²) in [5, 5.41) is 8.62. The molecule has 0 radical (unpaired) electrons. The molecule has 4 nitrogen and oxygen atoms in total. The molecule has 0 aromatic heterocycles. The molecule has 0 aliphatic heterocycles. The van der Waals surface area contributed by atoms with E-state index in [1.807, 2.05) is 0 Å². The number of carboxylic acids is 1. The number of rotatable bonds is 5. The molecule has 0 fully saturated rings. The van der Waals surface area contributed by atoms with E-state index in [0.717, 1.165) is 0 Å². The van der Waals surface area contributed by atoms with Gasteiger partial charge in [-0.25, -0.2) is 0 Å². The Morgan fingerprint density at radius 1 is 1.62 bits per heavy atom. The van der Waals surface area contributed by atoms with Gasteiger partial charge >= 0.3 is 11.9 Å². The minimum Gasteiger partial charge on any atom is -0.481 e. The van der Waals surface area contributed by atoms with Crippen molar-refractivity contribution < 1.29 is 19.4 Å². The van der Waals surface area contributed by atoms with Gasteiger partial charge < -0.3 is 9.84 Å². The molecule has 0 aromatic rings. The summed E-state index contributed by atoms with van der Waals surface area (Å²) in [6.45, 7) is 1.62. The maximum atomic E-state index is 11.0. The second-order valence-electron chi connectivity index (χ2n) is 2.49. The molecule has 72 valence electrons. The zero-order valence-electron chi connectivity index (χ0n) is 7.45. The Morgan fingerprint density at radius 3 is 2.62 bits per heavy atom. The Bertz CT molecular complexity index is 226. The standard InChI is InChI=1S/C9H12O4/c1-3-5-7(8(10)11)9(12)13-6-4-2/h2,7H,3,5-6H2,1H3,(H,10,11). The van der Waals surface area contributed by atoms with Crippen molar-refractivity contribution in [3.05, 3.63) is 0 Å². The largest absolute Gasteiger partial charge is 0.481 e. The van der Waals surface area contributed by atoms with Gasteiger partial charge in [-0.1, -0.05) is 19.3 Å². The minimum atomic E-state index is -1.16. The molecule has 13 heavy (non-hydrogen) atoms. The normalized spacial score (nSPS) is 11.4. The molecule has 0 heterocycles. The summed E-state index contributed by atoms with van der Waals surface area (Å²) in [5.41, 5.74) is 0. The zero-order chi connectivity index (χ0) is 10.3. The first kappa shape index (κ1) is 11.5. The van der Waals surface area contributed by atoms with Crippen LogP contribution in [0.3, 0.4) is 0 Å². The number of carbonyl (C=O) groups excluding carboxylic acids is 1. The van der Waals surface area contributed by atoms with E-state index in [-0.39, 0.29) is 13.0 Å². The number of aliphatic carboxylic acids is 1. The van der Waals surface area contributed by atoms with Crippen LogP contribution in [-0.4, -0.2) is 23.7 Å². The van der Waals surface area contributed by atoms with E-state index in [2.05, 4.69) is 10.7 Å². The predicted octanol–water partition coefficient (Wildman–Crippen LogP) is 0.664. The van der Waals surface area contributed by atoms with Crippen molar-refractivity contribution in [1.29, 1.82) is 0 Å². The van der Waals surface area contributed by atoms with Gasteiger partial charge in [0.05, 0.1) is 0 Å². The zero-order valence-corrected chi connectivity index (χ0v) is 7.45. The number of hydrogen-bond donors (Lipinski definition) is 1. The number of esters is 1. The summed E-state index contributed by atoms with van der Waals surface area (Å²) >= 11 is 0. The molecule has 0 saturated heterocycles. The van der Waals surface area contributed by atoms with Crippen LogP contribution in [0.2, 0.25) is 0 Å². The van der Waals surface area contributed by atoms with E-state index in [1.54, 1.807) is 6.92 Å². The lowest BCUT2D eigenvalue weighted by atomic mass is 10.0. The van der Waals surface area contributed by atoms with Crippen LogP contribution in [0.5, 0.6) is 0 Å². The highest BCUT2D eigenvalue weighted by Crippen LogP contribution is 2.08. The van der Waals surface area contributed by atoms with Gasteiger partial charge in [0.2, 0.25) is 0 Å². The number of hydrogen-bond acceptors (Lipinski definition) is 3. The van der Waals surface area contributed by atoms with Gasteiger partial charge in [-0.05, 0) is 6.42 Å². The molecule has 1 atom stereocenters. The maximum absolute atomic E-state index is 11.0. The van der Waals surface area contributed by atoms with E-state index < -0.39 is 17.9 Å². The molecule has 1 N–H and O–H groups in total. The van der Waals surface area contributed by atoms with E-state index in [9.17, 15) is 9.59 Å². The summed E-state index contributed by atoms with van der Waals surface area (Å²) in [4.78, 5) is 21.6. The van der Waals surface area contributed by atoms with Crippen molar-refractivity contribution in [1.82, 2.24) is 0 Å². The topological polar surface area (TPSA) is 63.6 Å². The van der Waals surface area contributed by atoms with Crippen molar-refractivity contribution in [2.75, 3.05) is 6.61 Å². The molecule has 0 amide bonds. The summed E-state index contributed by atoms with van der Waals surface area (Å²) in [6.07, 6.45) is 5.74. The van der Waals surface area contributed by atoms with Gasteiger partial charge in [0.15, 0.2) is 12.5 Å². The second kappa shape index (κ2) is 6.06. The summed E-state index contributed by atoms with van der Waals surface area (Å²) < 4.78 is 4.51. The maximum Gasteiger partial charge on any atom is 0.321 e. The summed E-state index contributed by atoms with van der Waals surface area (Å²) in [5.74, 6) is -0.907. The Hall–Kier alpha value is -1.50. The Labute approximate surface area is 76.9 Å². The quantitative estimate of drug-likeness (QED) is 0.387. The number of carboxylic acid groups (broad SMARTS) is 1. The molecule has 0 aromatic carbocycles. The van der Waals surface area contributed by atoms with E-state index in [0.29, 0.717) is 6.42 Å². The summed E-state index contributed by atoms with van der Waals surface area (Å²) in [7, 11) is 0. The average Bonchev–Trinajstić information content (AvgIpc) is 2.09. The highest BCUT2D eigenvalue weighted by atomic mass is 16.5. The molecule has 0 saturated carbocycles. The number of ether oxygens (including phenoxy) is 1. The lowest BCUT2D eigenvalue weighted by Gasteiger charge is -2.08. The second-order valence-corrected chi connectivity index (χ2v) is 2.49. The SMILES string of the molecule is C#CCOC(=O)C(CCC)C(=O)O. The average molecular weight is 184 g/mol. The van der Waals surface area contributed by atoms with Crippen LogP contribution in [0.25, 0.3) is 0 Å². The molecular weight excluding hydrogens is 172 g/mol. The van der Waals surface area contributed by atoms with Gasteiger partial charge in [-0.15, -0.1) is 6.42 Å². The fraction of sp³-hybridized carbons (Fsp3) is 0.556. The third kappa shape index (κ3) is 4.16. The smallest absolute Gasteiger partial charge is 0.321 e. The number of terminal acetylenes is 1. The first-order valence-corrected chi connectivity index (χ1v) is 3.96. The van der Waals surface area contributed by atoms with E-state index in [4.69, 9.17) is 11.5 Å². The number of carbonyl (C=O) groups is 2. The van der Waals surface area contributed by atoms with E-state index >= 15 is 0 Å². The van der Waals surface area contributed by atoms with Gasteiger partial charge in [0, 0.05) is 0 Å². The van der Waals surface area contributed by atoms with Crippen molar-refractivity contribution >= 4 is 11.9 Å². The highest BCUT2D eigenvalue weighted by molar-refractivity contribution is 5.93. The Balaban J connectivity index is 4.13. The van der Waals surface area contributed by atoms with Crippen molar-refractivity contribution in [3.63, 3.8) is 0 Å². The third-order valence-electron chi connectivity index (χ3n) is 1.46. The first-order valence-electron chi connectivity index (χ1n) is 3.96. The van der Waals surface area contributed by atoms with E-state index in [1.165, 1.54) is 0 Å². The molecular formula is C9H12O4. The molecule has 0 aliphatic rings. The van der Waals surface area contributed by atoms with Crippen LogP contribution < -0.4 is 0 Å². The summed E-state index contributed by atoms with van der Waals surface area (Å²) in [6, 6.07) is 0. The lowest BCUT2D eigenvalue weighted by molar-refractivity contribution is -0.158. The van der Waals surface area contributed by atoms with Crippen molar-refractivity contribution in [2.24, 2.45) is 5.92 Å². The third-order valence-corrected chi connectivity index (χ3v) is 1.46. The monoisotopic (exact) mass is 184 g/mol. The Kier molecular flexibility index (Phi) is 5.37. The predicted molar refractivity (Wildman–Crippen MR) is 45.8 cm³/mol. The van der Waals surface area contributed by atoms with Gasteiger partial charge in [-0.3, -0.25) is 9.59 Å². The van der Waals surface area contributed by atoms with Gasteiger partial charge in [0.25, 0.3) is 0 Å². The van der Waals surface area contributed by atoms with Gasteiger partial charge in [0.1, 0.15) is 0 Å². The van der Waals surface area contributed by atoms with Crippen LogP contribution in [0.1, 0.15) is 19.8 Å². The lowest BCUT2D eigenvalue weighted by Crippen LogP contribution is -2.25. The fourth-order valence-corrected chi connectivity index (χ4v) is 0.844. The van der Waals surface area contributed by atoms with Crippen LogP contribution >= 0.6 is 0 Å². The Morgan fingerprint density at radius 2 is 2.23 bits per heavy atom. The van der Waals surface area contributed by atoms with Crippen LogP contribution in [0.15, 0.2) is 0 Å². The van der Waals surface area contributed by atoms with Crippen LogP contribution in [0, 0.1) is 18.3 Å². The van der Waals surface area contributed by atoms with Gasteiger partial charge in [-0.2, -0.15) is 0 Å². The van der Waals surface area contributed by atoms with Crippen LogP contribution in [-0.2, 0) is 14.3 Å². The first-order chi connectivity index (χ1) is 6.13. The highest BCUT2D eigenvalue weighted by Gasteiger charge is 2.26. The van der Waals surface area contributed by atoms with Crippen LogP contribution in [0.4, 0.5) is 0 Å². The fourth-order valence-electron chi connectivity index (χ4n) is 0.844. The molecule has 0 rings (SSSR count). The molecule has 0 bridgehead atoms. The minimum absolute atomic E-state index is 0.174.